The van der Waals surface area contributed by atoms with Crippen molar-refractivity contribution in [3.8, 4) is 0 Å². The van der Waals surface area contributed by atoms with Gasteiger partial charge >= 0.3 is 5.97 Å². The molecule has 1 saturated heterocycles. The lowest BCUT2D eigenvalue weighted by atomic mass is 10.0. The summed E-state index contributed by atoms with van der Waals surface area (Å²) in [5.41, 5.74) is 0. The third-order valence-electron chi connectivity index (χ3n) is 3.15. The highest BCUT2D eigenvalue weighted by Crippen LogP contribution is 2.23. The van der Waals surface area contributed by atoms with Crippen LogP contribution in [-0.4, -0.2) is 47.7 Å². The van der Waals surface area contributed by atoms with E-state index in [0.29, 0.717) is 6.54 Å². The molecular formula is C12H14ClNO5. The van der Waals surface area contributed by atoms with Gasteiger partial charge in [-0.2, -0.15) is 0 Å². The number of ether oxygens (including phenoxy) is 1. The van der Waals surface area contributed by atoms with E-state index in [1.165, 1.54) is 17.0 Å². The summed E-state index contributed by atoms with van der Waals surface area (Å²) in [6.45, 7) is 2.47. The fourth-order valence-corrected chi connectivity index (χ4v) is 2.33. The molecule has 2 heterocycles. The highest BCUT2D eigenvalue weighted by atomic mass is 35.5. The van der Waals surface area contributed by atoms with Gasteiger partial charge in [0.2, 0.25) is 0 Å². The summed E-state index contributed by atoms with van der Waals surface area (Å²) in [4.78, 5) is 24.8. The Kier molecular flexibility index (Phi) is 4.11. The van der Waals surface area contributed by atoms with Gasteiger partial charge in [0.25, 0.3) is 5.91 Å². The molecule has 0 saturated carbocycles. The van der Waals surface area contributed by atoms with Crippen LogP contribution in [0, 0.1) is 5.92 Å². The number of halogens is 1. The van der Waals surface area contributed by atoms with Crippen molar-refractivity contribution in [3.63, 3.8) is 0 Å². The minimum Gasteiger partial charge on any atom is -0.481 e. The molecule has 104 valence electrons. The molecule has 2 unspecified atom stereocenters. The van der Waals surface area contributed by atoms with Gasteiger partial charge in [-0.15, -0.1) is 0 Å². The maximum absolute atomic E-state index is 12.3. The molecule has 1 aliphatic heterocycles. The molecule has 1 fully saturated rings. The number of amides is 1. The monoisotopic (exact) mass is 287 g/mol. The van der Waals surface area contributed by atoms with E-state index < -0.39 is 17.9 Å². The Balaban J connectivity index is 2.20. The number of carboxylic acids is 1. The van der Waals surface area contributed by atoms with E-state index in [0.717, 1.165) is 0 Å². The largest absolute Gasteiger partial charge is 0.481 e. The first-order valence-electron chi connectivity index (χ1n) is 5.91. The predicted octanol–water partition coefficient (Wildman–Crippen LogP) is 1.49. The third-order valence-corrected chi connectivity index (χ3v) is 3.36. The van der Waals surface area contributed by atoms with Gasteiger partial charge < -0.3 is 19.2 Å². The zero-order valence-electron chi connectivity index (χ0n) is 10.3. The second kappa shape index (κ2) is 5.63. The van der Waals surface area contributed by atoms with E-state index in [1.807, 2.05) is 0 Å². The van der Waals surface area contributed by atoms with Crippen LogP contribution in [0.3, 0.4) is 0 Å². The molecule has 0 spiro atoms. The first-order chi connectivity index (χ1) is 9.04. The van der Waals surface area contributed by atoms with Gasteiger partial charge in [-0.3, -0.25) is 9.59 Å². The van der Waals surface area contributed by atoms with E-state index >= 15 is 0 Å². The quantitative estimate of drug-likeness (QED) is 0.907. The highest BCUT2D eigenvalue weighted by molar-refractivity contribution is 6.29. The van der Waals surface area contributed by atoms with Gasteiger partial charge in [0.15, 0.2) is 11.0 Å². The molecule has 1 aliphatic rings. The van der Waals surface area contributed by atoms with Gasteiger partial charge in [-0.25, -0.2) is 0 Å². The van der Waals surface area contributed by atoms with Crippen molar-refractivity contribution in [1.82, 2.24) is 4.90 Å². The SMILES string of the molecule is CCN(C(=O)c1ccc(Cl)o1)C1COCC1C(=O)O. The number of furan rings is 1. The maximum atomic E-state index is 12.3. The summed E-state index contributed by atoms with van der Waals surface area (Å²) in [5.74, 6) is -1.96. The molecule has 1 N–H and O–H groups in total. The number of carbonyl (C=O) groups excluding carboxylic acids is 1. The van der Waals surface area contributed by atoms with Crippen molar-refractivity contribution in [1.29, 1.82) is 0 Å². The van der Waals surface area contributed by atoms with Crippen LogP contribution in [0.15, 0.2) is 16.5 Å². The van der Waals surface area contributed by atoms with Crippen molar-refractivity contribution in [2.75, 3.05) is 19.8 Å². The van der Waals surface area contributed by atoms with Crippen LogP contribution in [0.25, 0.3) is 0 Å². The average Bonchev–Trinajstić information content (AvgIpc) is 2.98. The van der Waals surface area contributed by atoms with Crippen molar-refractivity contribution >= 4 is 23.5 Å². The topological polar surface area (TPSA) is 80.0 Å². The number of aliphatic carboxylic acids is 1. The molecule has 0 bridgehead atoms. The number of hydrogen-bond donors (Lipinski definition) is 1. The van der Waals surface area contributed by atoms with Gasteiger partial charge in [0.05, 0.1) is 19.3 Å². The van der Waals surface area contributed by atoms with Gasteiger partial charge in [0.1, 0.15) is 5.92 Å². The van der Waals surface area contributed by atoms with Crippen molar-refractivity contribution in [2.45, 2.75) is 13.0 Å². The normalized spacial score (nSPS) is 22.4. The van der Waals surface area contributed by atoms with Crippen molar-refractivity contribution in [3.05, 3.63) is 23.1 Å². The number of hydrogen-bond acceptors (Lipinski definition) is 4. The third kappa shape index (κ3) is 2.74. The van der Waals surface area contributed by atoms with Crippen LogP contribution in [0.2, 0.25) is 5.22 Å². The van der Waals surface area contributed by atoms with Crippen molar-refractivity contribution in [2.24, 2.45) is 5.92 Å². The van der Waals surface area contributed by atoms with Gasteiger partial charge in [-0.05, 0) is 30.7 Å². The van der Waals surface area contributed by atoms with Crippen molar-refractivity contribution < 1.29 is 23.8 Å². The number of carboxylic acid groups (broad SMARTS) is 1. The number of likely N-dealkylation sites (N-methyl/N-ethyl adjacent to an activating group) is 1. The second-order valence-electron chi connectivity index (χ2n) is 4.24. The first-order valence-corrected chi connectivity index (χ1v) is 6.29. The number of carbonyl (C=O) groups is 2. The molecule has 19 heavy (non-hydrogen) atoms. The van der Waals surface area contributed by atoms with E-state index in [4.69, 9.17) is 25.9 Å². The van der Waals surface area contributed by atoms with Crippen LogP contribution in [0.5, 0.6) is 0 Å². The lowest BCUT2D eigenvalue weighted by molar-refractivity contribution is -0.142. The van der Waals surface area contributed by atoms with E-state index in [1.54, 1.807) is 6.92 Å². The molecule has 1 aromatic rings. The first kappa shape index (κ1) is 13.9. The fraction of sp³-hybridized carbons (Fsp3) is 0.500. The molecule has 2 rings (SSSR count). The summed E-state index contributed by atoms with van der Waals surface area (Å²) in [5, 5.41) is 9.24. The Morgan fingerprint density at radius 3 is 2.74 bits per heavy atom. The Hall–Kier alpha value is -1.53. The zero-order valence-corrected chi connectivity index (χ0v) is 11.1. The minimum atomic E-state index is -0.966. The van der Waals surface area contributed by atoms with Crippen LogP contribution < -0.4 is 0 Å². The van der Waals surface area contributed by atoms with Gasteiger partial charge in [-0.1, -0.05) is 0 Å². The molecule has 6 nitrogen and oxygen atoms in total. The number of rotatable bonds is 4. The standard InChI is InChI=1S/C12H14ClNO5/c1-2-14(8-6-18-5-7(8)12(16)17)11(15)9-3-4-10(13)19-9/h3-4,7-8H,2,5-6H2,1H3,(H,16,17). The van der Waals surface area contributed by atoms with Crippen LogP contribution in [0.4, 0.5) is 0 Å². The van der Waals surface area contributed by atoms with Crippen LogP contribution in [-0.2, 0) is 9.53 Å². The Bertz CT molecular complexity index is 486. The minimum absolute atomic E-state index is 0.0999. The summed E-state index contributed by atoms with van der Waals surface area (Å²) >= 11 is 5.63. The molecule has 1 aromatic heterocycles. The van der Waals surface area contributed by atoms with Crippen LogP contribution in [0.1, 0.15) is 17.5 Å². The zero-order chi connectivity index (χ0) is 14.0. The predicted molar refractivity (Wildman–Crippen MR) is 66.2 cm³/mol. The Labute approximate surface area is 114 Å². The van der Waals surface area contributed by atoms with E-state index in [2.05, 4.69) is 0 Å². The van der Waals surface area contributed by atoms with Crippen LogP contribution >= 0.6 is 11.6 Å². The Morgan fingerprint density at radius 2 is 2.21 bits per heavy atom. The lowest BCUT2D eigenvalue weighted by Crippen LogP contribution is -2.46. The molecule has 7 heteroatoms. The molecule has 2 atom stereocenters. The molecule has 1 amide bonds. The number of nitrogens with zero attached hydrogens (tertiary/aromatic N) is 1. The molecular weight excluding hydrogens is 274 g/mol. The Morgan fingerprint density at radius 1 is 1.47 bits per heavy atom. The molecule has 0 radical (unpaired) electrons. The maximum Gasteiger partial charge on any atom is 0.311 e. The lowest BCUT2D eigenvalue weighted by Gasteiger charge is -2.28. The van der Waals surface area contributed by atoms with Gasteiger partial charge in [0, 0.05) is 6.54 Å². The fourth-order valence-electron chi connectivity index (χ4n) is 2.19. The second-order valence-corrected chi connectivity index (χ2v) is 4.62. The summed E-state index contributed by atoms with van der Waals surface area (Å²) in [6.07, 6.45) is 0. The summed E-state index contributed by atoms with van der Waals surface area (Å²) < 4.78 is 10.2. The average molecular weight is 288 g/mol. The molecule has 0 aliphatic carbocycles. The van der Waals surface area contributed by atoms with E-state index in [9.17, 15) is 9.59 Å². The molecule has 0 aromatic carbocycles. The summed E-state index contributed by atoms with van der Waals surface area (Å²) in [7, 11) is 0. The summed E-state index contributed by atoms with van der Waals surface area (Å²) in [6, 6.07) is 2.46. The highest BCUT2D eigenvalue weighted by Gasteiger charge is 2.40. The smallest absolute Gasteiger partial charge is 0.311 e. The van der Waals surface area contributed by atoms with E-state index in [-0.39, 0.29) is 30.1 Å².